The fourth-order valence-corrected chi connectivity index (χ4v) is 4.91. The van der Waals surface area contributed by atoms with Gasteiger partial charge in [0.15, 0.2) is 0 Å². The highest BCUT2D eigenvalue weighted by atomic mass is 15.2. The van der Waals surface area contributed by atoms with Crippen molar-refractivity contribution < 1.29 is 0 Å². The number of unbranched alkanes of at least 4 members (excludes halogenated alkanes) is 7. The summed E-state index contributed by atoms with van der Waals surface area (Å²) in [5.74, 6) is 0.890. The fraction of sp³-hybridized carbons (Fsp3) is 0.773. The molecule has 134 valence electrons. The van der Waals surface area contributed by atoms with Gasteiger partial charge in [0.25, 0.3) is 0 Å². The fourth-order valence-electron chi connectivity index (χ4n) is 4.91. The zero-order valence-corrected chi connectivity index (χ0v) is 15.9. The molecule has 2 heteroatoms. The normalized spacial score (nSPS) is 23.2. The van der Waals surface area contributed by atoms with Gasteiger partial charge >= 0.3 is 0 Å². The first-order valence-electron chi connectivity index (χ1n) is 10.5. The van der Waals surface area contributed by atoms with Gasteiger partial charge in [-0.25, -0.2) is 0 Å². The molecule has 1 fully saturated rings. The smallest absolute Gasteiger partial charge is 0.0438 e. The molecule has 24 heavy (non-hydrogen) atoms. The Morgan fingerprint density at radius 2 is 1.79 bits per heavy atom. The molecule has 0 amide bonds. The van der Waals surface area contributed by atoms with Crippen molar-refractivity contribution in [2.75, 3.05) is 13.6 Å². The molecule has 0 bridgehead atoms. The Morgan fingerprint density at radius 3 is 2.58 bits per heavy atom. The molecule has 2 aliphatic rings. The van der Waals surface area contributed by atoms with E-state index in [4.69, 9.17) is 4.98 Å². The van der Waals surface area contributed by atoms with Gasteiger partial charge in [-0.15, -0.1) is 0 Å². The SMILES string of the molecule is CCCCCCCCCCc1nccc2c1CC[C@H]1CCN(C)[C@@H]21. The van der Waals surface area contributed by atoms with E-state index in [1.54, 1.807) is 11.1 Å². The molecule has 1 aromatic rings. The number of hydrogen-bond donors (Lipinski definition) is 0. The van der Waals surface area contributed by atoms with Crippen molar-refractivity contribution in [1.29, 1.82) is 0 Å². The van der Waals surface area contributed by atoms with Gasteiger partial charge in [-0.3, -0.25) is 9.88 Å². The lowest BCUT2D eigenvalue weighted by Crippen LogP contribution is -2.26. The van der Waals surface area contributed by atoms with E-state index < -0.39 is 0 Å². The van der Waals surface area contributed by atoms with Crippen LogP contribution in [0.15, 0.2) is 12.3 Å². The van der Waals surface area contributed by atoms with Gasteiger partial charge in [0, 0.05) is 17.9 Å². The molecule has 3 rings (SSSR count). The van der Waals surface area contributed by atoms with Crippen LogP contribution in [0.2, 0.25) is 0 Å². The van der Waals surface area contributed by atoms with E-state index in [1.165, 1.54) is 89.3 Å². The highest BCUT2D eigenvalue weighted by Gasteiger charge is 2.37. The maximum absolute atomic E-state index is 4.77. The van der Waals surface area contributed by atoms with Gasteiger partial charge in [-0.05, 0) is 68.8 Å². The molecular formula is C22H36N2. The highest BCUT2D eigenvalue weighted by molar-refractivity contribution is 5.36. The van der Waals surface area contributed by atoms with Crippen molar-refractivity contribution in [1.82, 2.24) is 9.88 Å². The van der Waals surface area contributed by atoms with Crippen LogP contribution in [-0.2, 0) is 12.8 Å². The van der Waals surface area contributed by atoms with E-state index in [2.05, 4.69) is 31.1 Å². The largest absolute Gasteiger partial charge is 0.299 e. The van der Waals surface area contributed by atoms with Crippen molar-refractivity contribution in [2.45, 2.75) is 90.0 Å². The lowest BCUT2D eigenvalue weighted by Gasteiger charge is -2.32. The summed E-state index contributed by atoms with van der Waals surface area (Å²) in [5, 5.41) is 0. The average Bonchev–Trinajstić information content (AvgIpc) is 2.99. The standard InChI is InChI=1S/C22H36N2/c1-3-4-5-6-7-8-9-10-11-21-19-13-12-18-15-17-24(2)22(18)20(19)14-16-23-21/h14,16,18,22H,3-13,15,17H2,1-2H3/t18-,22+/m0/s1. The van der Waals surface area contributed by atoms with Crippen LogP contribution in [0.5, 0.6) is 0 Å². The molecule has 0 N–H and O–H groups in total. The Hall–Kier alpha value is -0.890. The van der Waals surface area contributed by atoms with Gasteiger partial charge in [-0.1, -0.05) is 51.9 Å². The lowest BCUT2D eigenvalue weighted by molar-refractivity contribution is 0.256. The lowest BCUT2D eigenvalue weighted by atomic mass is 9.79. The van der Waals surface area contributed by atoms with Crippen LogP contribution >= 0.6 is 0 Å². The first-order chi connectivity index (χ1) is 11.8. The predicted octanol–water partition coefficient (Wildman–Crippen LogP) is 5.70. The first kappa shape index (κ1) is 17.9. The van der Waals surface area contributed by atoms with Gasteiger partial charge in [0.05, 0.1) is 0 Å². The van der Waals surface area contributed by atoms with Gasteiger partial charge < -0.3 is 0 Å². The van der Waals surface area contributed by atoms with Crippen LogP contribution in [0.25, 0.3) is 0 Å². The van der Waals surface area contributed by atoms with Crippen molar-refractivity contribution in [2.24, 2.45) is 5.92 Å². The topological polar surface area (TPSA) is 16.1 Å². The third-order valence-electron chi connectivity index (χ3n) is 6.31. The summed E-state index contributed by atoms with van der Waals surface area (Å²) in [6.45, 7) is 3.56. The van der Waals surface area contributed by atoms with E-state index in [9.17, 15) is 0 Å². The van der Waals surface area contributed by atoms with Crippen LogP contribution in [0, 0.1) is 5.92 Å². The van der Waals surface area contributed by atoms with Crippen LogP contribution in [-0.4, -0.2) is 23.5 Å². The average molecular weight is 329 g/mol. The molecule has 1 aromatic heterocycles. The summed E-state index contributed by atoms with van der Waals surface area (Å²) in [5.41, 5.74) is 4.63. The molecule has 0 unspecified atom stereocenters. The minimum Gasteiger partial charge on any atom is -0.299 e. The molecule has 2 atom stereocenters. The molecule has 1 saturated heterocycles. The number of pyridine rings is 1. The van der Waals surface area contributed by atoms with E-state index in [1.807, 2.05) is 0 Å². The summed E-state index contributed by atoms with van der Waals surface area (Å²) in [7, 11) is 2.30. The zero-order valence-electron chi connectivity index (χ0n) is 15.9. The molecule has 0 saturated carbocycles. The second-order valence-corrected chi connectivity index (χ2v) is 8.06. The van der Waals surface area contributed by atoms with E-state index in [0.29, 0.717) is 6.04 Å². The second kappa shape index (κ2) is 8.99. The number of rotatable bonds is 9. The number of fused-ring (bicyclic) bond motifs is 3. The monoisotopic (exact) mass is 328 g/mol. The van der Waals surface area contributed by atoms with Gasteiger partial charge in [0.2, 0.25) is 0 Å². The summed E-state index contributed by atoms with van der Waals surface area (Å²) in [6.07, 6.45) is 18.5. The molecular weight excluding hydrogens is 292 g/mol. The third kappa shape index (κ3) is 4.20. The third-order valence-corrected chi connectivity index (χ3v) is 6.31. The molecule has 1 aliphatic heterocycles. The van der Waals surface area contributed by atoms with Crippen molar-refractivity contribution in [3.63, 3.8) is 0 Å². The number of hydrogen-bond acceptors (Lipinski definition) is 2. The Labute approximate surface area is 149 Å². The summed E-state index contributed by atoms with van der Waals surface area (Å²) < 4.78 is 0. The van der Waals surface area contributed by atoms with Crippen LogP contribution in [0.3, 0.4) is 0 Å². The number of aromatic nitrogens is 1. The van der Waals surface area contributed by atoms with Crippen LogP contribution in [0.4, 0.5) is 0 Å². The van der Waals surface area contributed by atoms with E-state index in [0.717, 1.165) is 5.92 Å². The summed E-state index contributed by atoms with van der Waals surface area (Å²) >= 11 is 0. The highest BCUT2D eigenvalue weighted by Crippen LogP contribution is 2.44. The molecule has 2 nitrogen and oxygen atoms in total. The second-order valence-electron chi connectivity index (χ2n) is 8.06. The van der Waals surface area contributed by atoms with Crippen molar-refractivity contribution in [3.8, 4) is 0 Å². The number of likely N-dealkylation sites (tertiary alicyclic amines) is 1. The minimum atomic E-state index is 0.675. The molecule has 0 aromatic carbocycles. The van der Waals surface area contributed by atoms with Crippen LogP contribution < -0.4 is 0 Å². The summed E-state index contributed by atoms with van der Waals surface area (Å²) in [4.78, 5) is 7.34. The maximum Gasteiger partial charge on any atom is 0.0438 e. The van der Waals surface area contributed by atoms with Gasteiger partial charge in [-0.2, -0.15) is 0 Å². The van der Waals surface area contributed by atoms with E-state index >= 15 is 0 Å². The van der Waals surface area contributed by atoms with Crippen molar-refractivity contribution in [3.05, 3.63) is 29.1 Å². The maximum atomic E-state index is 4.77. The quantitative estimate of drug-likeness (QED) is 0.540. The Morgan fingerprint density at radius 1 is 1.04 bits per heavy atom. The predicted molar refractivity (Wildman–Crippen MR) is 102 cm³/mol. The first-order valence-corrected chi connectivity index (χ1v) is 10.5. The Bertz CT molecular complexity index is 511. The minimum absolute atomic E-state index is 0.675. The Kier molecular flexibility index (Phi) is 6.71. The van der Waals surface area contributed by atoms with Gasteiger partial charge in [0.1, 0.15) is 0 Å². The van der Waals surface area contributed by atoms with Crippen molar-refractivity contribution >= 4 is 0 Å². The zero-order chi connectivity index (χ0) is 16.8. The number of aryl methyl sites for hydroxylation is 1. The molecule has 2 heterocycles. The number of nitrogens with zero attached hydrogens (tertiary/aromatic N) is 2. The molecule has 0 spiro atoms. The Balaban J connectivity index is 1.49. The van der Waals surface area contributed by atoms with E-state index in [-0.39, 0.29) is 0 Å². The van der Waals surface area contributed by atoms with Crippen LogP contribution in [0.1, 0.15) is 94.0 Å². The summed E-state index contributed by atoms with van der Waals surface area (Å²) in [6, 6.07) is 2.99. The molecule has 0 radical (unpaired) electrons. The molecule has 1 aliphatic carbocycles.